The molecule has 102 valence electrons. The summed E-state index contributed by atoms with van der Waals surface area (Å²) >= 11 is 8.30. The zero-order chi connectivity index (χ0) is 13.6. The van der Waals surface area contributed by atoms with Crippen LogP contribution in [-0.2, 0) is 4.74 Å². The lowest BCUT2D eigenvalue weighted by Gasteiger charge is -2.14. The summed E-state index contributed by atoms with van der Waals surface area (Å²) in [6.45, 7) is 0.0324. The third-order valence-electron chi connectivity index (χ3n) is 3.20. The van der Waals surface area contributed by atoms with E-state index in [1.54, 1.807) is 0 Å². The van der Waals surface area contributed by atoms with Gasteiger partial charge in [-0.3, -0.25) is 0 Å². The Labute approximate surface area is 128 Å². The van der Waals surface area contributed by atoms with E-state index in [-0.39, 0.29) is 24.9 Å². The molecule has 19 heavy (non-hydrogen) atoms. The Morgan fingerprint density at radius 2 is 2.32 bits per heavy atom. The maximum atomic E-state index is 9.13. The van der Waals surface area contributed by atoms with Crippen molar-refractivity contribution in [3.63, 3.8) is 0 Å². The summed E-state index contributed by atoms with van der Waals surface area (Å²) in [5.41, 5.74) is 6.32. The number of hydrogen-bond donors (Lipinski definition) is 2. The van der Waals surface area contributed by atoms with E-state index in [0.29, 0.717) is 10.8 Å². The Hall–Kier alpha value is -0.640. The molecule has 1 aliphatic rings. The van der Waals surface area contributed by atoms with Gasteiger partial charge in [0.05, 0.1) is 18.1 Å². The Balaban J connectivity index is 2.10. The van der Waals surface area contributed by atoms with Crippen molar-refractivity contribution in [3.8, 4) is 0 Å². The minimum Gasteiger partial charge on any atom is -0.394 e. The second kappa shape index (κ2) is 5.04. The third-order valence-corrected chi connectivity index (χ3v) is 4.29. The largest absolute Gasteiger partial charge is 0.394 e. The average molecular weight is 395 g/mol. The lowest BCUT2D eigenvalue weighted by molar-refractivity contribution is -0.0205. The number of aromatic nitrogens is 3. The molecule has 1 saturated heterocycles. The van der Waals surface area contributed by atoms with E-state index in [1.165, 1.54) is 0 Å². The average Bonchev–Trinajstić information content (AvgIpc) is 2.93. The van der Waals surface area contributed by atoms with Gasteiger partial charge in [-0.15, -0.1) is 0 Å². The fourth-order valence-corrected chi connectivity index (χ4v) is 3.55. The highest BCUT2D eigenvalue weighted by Crippen LogP contribution is 2.35. The first-order chi connectivity index (χ1) is 9.10. The first kappa shape index (κ1) is 13.3. The van der Waals surface area contributed by atoms with Crippen LogP contribution < -0.4 is 5.73 Å². The molecule has 2 aromatic heterocycles. The predicted molar refractivity (Wildman–Crippen MR) is 79.9 cm³/mol. The summed E-state index contributed by atoms with van der Waals surface area (Å²) < 4.78 is 8.63. The van der Waals surface area contributed by atoms with E-state index < -0.39 is 0 Å². The lowest BCUT2D eigenvalue weighted by atomic mass is 10.2. The normalized spacial score (nSPS) is 23.3. The van der Waals surface area contributed by atoms with Crippen LogP contribution in [0.5, 0.6) is 0 Å². The van der Waals surface area contributed by atoms with Gasteiger partial charge in [0.2, 0.25) is 5.95 Å². The summed E-state index contributed by atoms with van der Waals surface area (Å²) in [6.07, 6.45) is 3.32. The number of rotatable bonds is 2. The number of nitrogens with two attached hydrogens (primary N) is 1. The number of aliphatic hydroxyl groups is 1. The highest BCUT2D eigenvalue weighted by molar-refractivity contribution is 14.1. The molecule has 0 spiro atoms. The standard InChI is InChI=1S/C11H12ClIN4O2/c12-9-8-6(13)3-17(10(8)16-11(14)15-9)7-2-1-5(4-18)19-7/h3,5,7,18H,1-2,4H2,(H2,14,15,16)/t5-,7+/m0/s1. The molecule has 3 heterocycles. The lowest BCUT2D eigenvalue weighted by Crippen LogP contribution is -2.14. The Morgan fingerprint density at radius 3 is 3.00 bits per heavy atom. The maximum absolute atomic E-state index is 9.13. The molecule has 0 amide bonds. The van der Waals surface area contributed by atoms with E-state index >= 15 is 0 Å². The van der Waals surface area contributed by atoms with Crippen molar-refractivity contribution in [2.24, 2.45) is 0 Å². The molecule has 8 heteroatoms. The highest BCUT2D eigenvalue weighted by atomic mass is 127. The van der Waals surface area contributed by atoms with Gasteiger partial charge in [-0.05, 0) is 35.4 Å². The van der Waals surface area contributed by atoms with Crippen LogP contribution in [0.4, 0.5) is 5.95 Å². The third kappa shape index (κ3) is 2.28. The molecule has 0 aromatic carbocycles. The second-order valence-electron chi connectivity index (χ2n) is 4.43. The second-order valence-corrected chi connectivity index (χ2v) is 5.95. The van der Waals surface area contributed by atoms with Gasteiger partial charge in [-0.2, -0.15) is 4.98 Å². The smallest absolute Gasteiger partial charge is 0.223 e. The van der Waals surface area contributed by atoms with Crippen molar-refractivity contribution >= 4 is 51.2 Å². The predicted octanol–water partition coefficient (Wildman–Crippen LogP) is 1.94. The van der Waals surface area contributed by atoms with E-state index in [0.717, 1.165) is 21.8 Å². The Morgan fingerprint density at radius 1 is 1.53 bits per heavy atom. The van der Waals surface area contributed by atoms with Gasteiger partial charge in [0.15, 0.2) is 0 Å². The minimum atomic E-state index is -0.145. The Kier molecular flexibility index (Phi) is 3.54. The summed E-state index contributed by atoms with van der Waals surface area (Å²) in [6, 6.07) is 0. The van der Waals surface area contributed by atoms with Crippen molar-refractivity contribution in [2.45, 2.75) is 25.2 Å². The SMILES string of the molecule is Nc1nc(Cl)c2c(I)cn([C@H]3CC[C@@H](CO)O3)c2n1. The van der Waals surface area contributed by atoms with Crippen LogP contribution in [0, 0.1) is 3.57 Å². The van der Waals surface area contributed by atoms with Gasteiger partial charge in [-0.1, -0.05) is 11.6 Å². The van der Waals surface area contributed by atoms with E-state index in [1.807, 2.05) is 10.8 Å². The number of anilines is 1. The zero-order valence-electron chi connectivity index (χ0n) is 9.88. The fourth-order valence-electron chi connectivity index (χ4n) is 2.32. The van der Waals surface area contributed by atoms with Gasteiger partial charge in [-0.25, -0.2) is 4.98 Å². The number of hydrogen-bond acceptors (Lipinski definition) is 5. The molecule has 2 aromatic rings. The molecule has 2 atom stereocenters. The van der Waals surface area contributed by atoms with Crippen LogP contribution in [-0.4, -0.2) is 32.4 Å². The molecule has 3 rings (SSSR count). The summed E-state index contributed by atoms with van der Waals surface area (Å²) in [7, 11) is 0. The number of fused-ring (bicyclic) bond motifs is 1. The summed E-state index contributed by atoms with van der Waals surface area (Å²) in [5, 5.41) is 10.3. The maximum Gasteiger partial charge on any atom is 0.223 e. The molecule has 0 unspecified atom stereocenters. The molecule has 0 aliphatic carbocycles. The van der Waals surface area contributed by atoms with Crippen molar-refractivity contribution in [1.82, 2.24) is 14.5 Å². The number of aliphatic hydroxyl groups excluding tert-OH is 1. The first-order valence-corrected chi connectivity index (χ1v) is 7.31. The van der Waals surface area contributed by atoms with Crippen LogP contribution in [0.15, 0.2) is 6.20 Å². The van der Waals surface area contributed by atoms with Crippen LogP contribution >= 0.6 is 34.2 Å². The van der Waals surface area contributed by atoms with Gasteiger partial charge >= 0.3 is 0 Å². The van der Waals surface area contributed by atoms with E-state index in [2.05, 4.69) is 32.6 Å². The number of halogens is 2. The van der Waals surface area contributed by atoms with Gasteiger partial charge < -0.3 is 20.1 Å². The molecule has 1 fully saturated rings. The van der Waals surface area contributed by atoms with Crippen molar-refractivity contribution in [1.29, 1.82) is 0 Å². The van der Waals surface area contributed by atoms with Crippen LogP contribution in [0.2, 0.25) is 5.15 Å². The van der Waals surface area contributed by atoms with Crippen LogP contribution in [0.1, 0.15) is 19.1 Å². The van der Waals surface area contributed by atoms with Crippen molar-refractivity contribution in [2.75, 3.05) is 12.3 Å². The summed E-state index contributed by atoms with van der Waals surface area (Å²) in [4.78, 5) is 8.22. The topological polar surface area (TPSA) is 86.2 Å². The van der Waals surface area contributed by atoms with Crippen LogP contribution in [0.25, 0.3) is 11.0 Å². The van der Waals surface area contributed by atoms with Gasteiger partial charge in [0.1, 0.15) is 17.0 Å². The fraction of sp³-hybridized carbons (Fsp3) is 0.455. The van der Waals surface area contributed by atoms with Gasteiger partial charge in [0, 0.05) is 9.77 Å². The number of nitrogen functional groups attached to an aromatic ring is 1. The number of nitrogens with zero attached hydrogens (tertiary/aromatic N) is 3. The molecule has 6 nitrogen and oxygen atoms in total. The number of ether oxygens (including phenoxy) is 1. The molecule has 3 N–H and O–H groups in total. The van der Waals surface area contributed by atoms with E-state index in [4.69, 9.17) is 27.2 Å². The molecular weight excluding hydrogens is 383 g/mol. The van der Waals surface area contributed by atoms with E-state index in [9.17, 15) is 0 Å². The quantitative estimate of drug-likeness (QED) is 0.600. The molecule has 1 aliphatic heterocycles. The van der Waals surface area contributed by atoms with Gasteiger partial charge in [0.25, 0.3) is 0 Å². The highest BCUT2D eigenvalue weighted by Gasteiger charge is 2.28. The molecule has 0 saturated carbocycles. The molecular formula is C11H12ClIN4O2. The first-order valence-electron chi connectivity index (χ1n) is 5.85. The zero-order valence-corrected chi connectivity index (χ0v) is 12.8. The Bertz CT molecular complexity index is 633. The molecule has 0 radical (unpaired) electrons. The van der Waals surface area contributed by atoms with Crippen molar-refractivity contribution in [3.05, 3.63) is 14.9 Å². The minimum absolute atomic E-state index is 0.0324. The molecule has 0 bridgehead atoms. The summed E-state index contributed by atoms with van der Waals surface area (Å²) in [5.74, 6) is 0.143. The monoisotopic (exact) mass is 394 g/mol. The van der Waals surface area contributed by atoms with Crippen molar-refractivity contribution < 1.29 is 9.84 Å². The van der Waals surface area contributed by atoms with Crippen LogP contribution in [0.3, 0.4) is 0 Å².